The number of hydrogen-bond donors (Lipinski definition) is 0. The van der Waals surface area contributed by atoms with Crippen LogP contribution in [0.15, 0.2) is 24.5 Å². The topological polar surface area (TPSA) is 22.1 Å². The lowest BCUT2D eigenvalue weighted by Crippen LogP contribution is -2.21. The van der Waals surface area contributed by atoms with Gasteiger partial charge in [0.25, 0.3) is 0 Å². The SMILES string of the molecule is C[C@@H](OC(C)(C)C)c1ccncc1. The lowest BCUT2D eigenvalue weighted by atomic mass is 10.1. The van der Waals surface area contributed by atoms with Crippen LogP contribution in [0.25, 0.3) is 0 Å². The Morgan fingerprint density at radius 2 is 1.77 bits per heavy atom. The highest BCUT2D eigenvalue weighted by atomic mass is 16.5. The van der Waals surface area contributed by atoms with Crippen molar-refractivity contribution in [1.29, 1.82) is 0 Å². The summed E-state index contributed by atoms with van der Waals surface area (Å²) in [4.78, 5) is 3.97. The van der Waals surface area contributed by atoms with Crippen LogP contribution in [0.2, 0.25) is 0 Å². The van der Waals surface area contributed by atoms with Gasteiger partial charge in [0.15, 0.2) is 0 Å². The smallest absolute Gasteiger partial charge is 0.0805 e. The highest BCUT2D eigenvalue weighted by Crippen LogP contribution is 2.22. The molecule has 0 aliphatic carbocycles. The van der Waals surface area contributed by atoms with Crippen LogP contribution >= 0.6 is 0 Å². The molecule has 0 aliphatic heterocycles. The Bertz CT molecular complexity index is 251. The average molecular weight is 179 g/mol. The molecular weight excluding hydrogens is 162 g/mol. The van der Waals surface area contributed by atoms with Crippen LogP contribution in [-0.2, 0) is 4.74 Å². The fraction of sp³-hybridized carbons (Fsp3) is 0.545. The zero-order valence-electron chi connectivity index (χ0n) is 8.74. The van der Waals surface area contributed by atoms with Crippen LogP contribution < -0.4 is 0 Å². The van der Waals surface area contributed by atoms with Crippen molar-refractivity contribution in [3.8, 4) is 0 Å². The van der Waals surface area contributed by atoms with Gasteiger partial charge in [-0.15, -0.1) is 0 Å². The predicted octanol–water partition coefficient (Wildman–Crippen LogP) is 2.96. The molecule has 1 aromatic heterocycles. The Morgan fingerprint density at radius 3 is 2.23 bits per heavy atom. The number of hydrogen-bond acceptors (Lipinski definition) is 2. The van der Waals surface area contributed by atoms with E-state index in [0.29, 0.717) is 0 Å². The Kier molecular flexibility index (Phi) is 3.04. The number of nitrogens with zero attached hydrogens (tertiary/aromatic N) is 1. The van der Waals surface area contributed by atoms with Gasteiger partial charge in [0, 0.05) is 12.4 Å². The summed E-state index contributed by atoms with van der Waals surface area (Å²) in [7, 11) is 0. The molecule has 0 spiro atoms. The molecule has 13 heavy (non-hydrogen) atoms. The Labute approximate surface area is 80.0 Å². The van der Waals surface area contributed by atoms with E-state index in [-0.39, 0.29) is 11.7 Å². The van der Waals surface area contributed by atoms with Crippen molar-refractivity contribution in [2.45, 2.75) is 39.4 Å². The fourth-order valence-electron chi connectivity index (χ4n) is 1.23. The molecule has 1 heterocycles. The molecule has 1 atom stereocenters. The van der Waals surface area contributed by atoms with E-state index in [9.17, 15) is 0 Å². The molecule has 1 rings (SSSR count). The van der Waals surface area contributed by atoms with Crippen molar-refractivity contribution >= 4 is 0 Å². The second kappa shape index (κ2) is 3.88. The minimum absolute atomic E-state index is 0.0946. The molecule has 0 unspecified atom stereocenters. The number of pyridine rings is 1. The molecule has 2 heteroatoms. The van der Waals surface area contributed by atoms with Crippen LogP contribution in [-0.4, -0.2) is 10.6 Å². The molecule has 0 radical (unpaired) electrons. The Balaban J connectivity index is 2.64. The van der Waals surface area contributed by atoms with E-state index in [1.807, 2.05) is 12.1 Å². The van der Waals surface area contributed by atoms with Crippen molar-refractivity contribution in [2.24, 2.45) is 0 Å². The van der Waals surface area contributed by atoms with Gasteiger partial charge in [-0.2, -0.15) is 0 Å². The van der Waals surface area contributed by atoms with Crippen LogP contribution in [0.1, 0.15) is 39.4 Å². The first-order valence-electron chi connectivity index (χ1n) is 4.57. The Morgan fingerprint density at radius 1 is 1.23 bits per heavy atom. The van der Waals surface area contributed by atoms with Gasteiger partial charge in [-0.1, -0.05) is 0 Å². The maximum Gasteiger partial charge on any atom is 0.0805 e. The number of aromatic nitrogens is 1. The minimum atomic E-state index is -0.0946. The van der Waals surface area contributed by atoms with Gasteiger partial charge in [0.1, 0.15) is 0 Å². The summed E-state index contributed by atoms with van der Waals surface area (Å²) in [6.07, 6.45) is 3.71. The highest BCUT2D eigenvalue weighted by molar-refractivity contribution is 5.12. The van der Waals surface area contributed by atoms with E-state index in [2.05, 4.69) is 32.7 Å². The zero-order valence-corrected chi connectivity index (χ0v) is 8.74. The normalized spacial score (nSPS) is 14.2. The van der Waals surface area contributed by atoms with Gasteiger partial charge >= 0.3 is 0 Å². The molecular formula is C11H17NO. The van der Waals surface area contributed by atoms with Crippen LogP contribution in [0, 0.1) is 0 Å². The second-order valence-corrected chi connectivity index (χ2v) is 4.15. The molecule has 0 saturated heterocycles. The third-order valence-corrected chi connectivity index (χ3v) is 1.71. The van der Waals surface area contributed by atoms with E-state index in [4.69, 9.17) is 4.74 Å². The van der Waals surface area contributed by atoms with Crippen LogP contribution in [0.4, 0.5) is 0 Å². The zero-order chi connectivity index (χ0) is 9.90. The van der Waals surface area contributed by atoms with Gasteiger partial charge < -0.3 is 4.74 Å². The minimum Gasteiger partial charge on any atom is -0.368 e. The Hall–Kier alpha value is -0.890. The molecule has 0 fully saturated rings. The molecule has 0 aromatic carbocycles. The van der Waals surface area contributed by atoms with Gasteiger partial charge in [0.2, 0.25) is 0 Å². The summed E-state index contributed by atoms with van der Waals surface area (Å²) in [5, 5.41) is 0. The summed E-state index contributed by atoms with van der Waals surface area (Å²) < 4.78 is 5.80. The van der Waals surface area contributed by atoms with Gasteiger partial charge in [-0.05, 0) is 45.4 Å². The van der Waals surface area contributed by atoms with Crippen LogP contribution in [0.3, 0.4) is 0 Å². The molecule has 0 N–H and O–H groups in total. The third kappa shape index (κ3) is 3.55. The molecule has 0 bridgehead atoms. The van der Waals surface area contributed by atoms with Crippen molar-refractivity contribution in [3.05, 3.63) is 30.1 Å². The van der Waals surface area contributed by atoms with Gasteiger partial charge in [-0.25, -0.2) is 0 Å². The van der Waals surface area contributed by atoms with E-state index in [1.54, 1.807) is 12.4 Å². The van der Waals surface area contributed by atoms with Crippen molar-refractivity contribution in [2.75, 3.05) is 0 Å². The van der Waals surface area contributed by atoms with Gasteiger partial charge in [0.05, 0.1) is 11.7 Å². The molecule has 1 aromatic rings. The second-order valence-electron chi connectivity index (χ2n) is 4.15. The molecule has 2 nitrogen and oxygen atoms in total. The fourth-order valence-corrected chi connectivity index (χ4v) is 1.23. The maximum absolute atomic E-state index is 5.80. The van der Waals surface area contributed by atoms with E-state index >= 15 is 0 Å². The number of ether oxygens (including phenoxy) is 1. The first-order valence-corrected chi connectivity index (χ1v) is 4.57. The lowest BCUT2D eigenvalue weighted by molar-refractivity contribution is -0.0530. The summed E-state index contributed by atoms with van der Waals surface area (Å²) in [6.45, 7) is 8.24. The monoisotopic (exact) mass is 179 g/mol. The molecule has 0 saturated carbocycles. The van der Waals surface area contributed by atoms with Gasteiger partial charge in [-0.3, -0.25) is 4.98 Å². The molecule has 0 aliphatic rings. The van der Waals surface area contributed by atoms with E-state index in [0.717, 1.165) is 0 Å². The highest BCUT2D eigenvalue weighted by Gasteiger charge is 2.15. The van der Waals surface area contributed by atoms with Crippen molar-refractivity contribution < 1.29 is 4.74 Å². The number of rotatable bonds is 2. The first-order chi connectivity index (χ1) is 5.99. The summed E-state index contributed by atoms with van der Waals surface area (Å²) in [6, 6.07) is 3.97. The molecule has 0 amide bonds. The quantitative estimate of drug-likeness (QED) is 0.696. The van der Waals surface area contributed by atoms with Crippen LogP contribution in [0.5, 0.6) is 0 Å². The standard InChI is InChI=1S/C11H17NO/c1-9(13-11(2,3)4)10-5-7-12-8-6-10/h5-9H,1-4H3/t9-/m1/s1. The van der Waals surface area contributed by atoms with E-state index < -0.39 is 0 Å². The average Bonchev–Trinajstić information content (AvgIpc) is 2.03. The summed E-state index contributed by atoms with van der Waals surface area (Å²) >= 11 is 0. The third-order valence-electron chi connectivity index (χ3n) is 1.71. The summed E-state index contributed by atoms with van der Waals surface area (Å²) in [5.41, 5.74) is 1.08. The lowest BCUT2D eigenvalue weighted by Gasteiger charge is -2.25. The van der Waals surface area contributed by atoms with Crippen molar-refractivity contribution in [3.63, 3.8) is 0 Å². The summed E-state index contributed by atoms with van der Waals surface area (Å²) in [5.74, 6) is 0. The predicted molar refractivity (Wildman–Crippen MR) is 53.5 cm³/mol. The van der Waals surface area contributed by atoms with E-state index in [1.165, 1.54) is 5.56 Å². The molecule has 72 valence electrons. The first kappa shape index (κ1) is 10.2. The largest absolute Gasteiger partial charge is 0.368 e. The van der Waals surface area contributed by atoms with Crippen molar-refractivity contribution in [1.82, 2.24) is 4.98 Å². The maximum atomic E-state index is 5.80.